The second-order valence-corrected chi connectivity index (χ2v) is 7.60. The Morgan fingerprint density at radius 3 is 2.89 bits per heavy atom. The predicted molar refractivity (Wildman–Crippen MR) is 97.5 cm³/mol. The van der Waals surface area contributed by atoms with E-state index >= 15 is 0 Å². The number of hydrogen-bond acceptors (Lipinski definition) is 4. The Morgan fingerprint density at radius 2 is 2.14 bits per heavy atom. The van der Waals surface area contributed by atoms with Crippen molar-refractivity contribution >= 4 is 5.96 Å². The molecule has 2 saturated carbocycles. The second kappa shape index (κ2) is 6.03. The number of guanidine groups is 1. The Labute approximate surface area is 159 Å². The van der Waals surface area contributed by atoms with E-state index in [1.54, 1.807) is 12.4 Å². The first-order chi connectivity index (χ1) is 13.5. The summed E-state index contributed by atoms with van der Waals surface area (Å²) in [6, 6.07) is 3.81. The third-order valence-electron chi connectivity index (χ3n) is 5.57. The quantitative estimate of drug-likeness (QED) is 0.798. The van der Waals surface area contributed by atoms with Gasteiger partial charge in [0.05, 0.1) is 23.5 Å². The van der Waals surface area contributed by atoms with Crippen molar-refractivity contribution in [1.82, 2.24) is 15.1 Å². The van der Waals surface area contributed by atoms with Crippen LogP contribution in [-0.2, 0) is 5.54 Å². The third kappa shape index (κ3) is 2.73. The summed E-state index contributed by atoms with van der Waals surface area (Å²) >= 11 is 0. The Bertz CT molecular complexity index is 1030. The summed E-state index contributed by atoms with van der Waals surface area (Å²) in [5, 5.41) is 6.84. The van der Waals surface area contributed by atoms with E-state index in [0.29, 0.717) is 18.0 Å². The molecule has 2 heterocycles. The normalized spacial score (nSPS) is 28.1. The molecule has 0 unspecified atom stereocenters. The molecule has 2 aliphatic carbocycles. The number of benzene rings is 1. The van der Waals surface area contributed by atoms with Crippen molar-refractivity contribution in [3.05, 3.63) is 47.5 Å². The smallest absolute Gasteiger partial charge is 0.265 e. The summed E-state index contributed by atoms with van der Waals surface area (Å²) in [6.07, 6.45) is 3.18. The Morgan fingerprint density at radius 1 is 1.32 bits per heavy atom. The number of halogens is 3. The van der Waals surface area contributed by atoms with Gasteiger partial charge in [-0.25, -0.2) is 22.8 Å². The van der Waals surface area contributed by atoms with Crippen molar-refractivity contribution in [2.75, 3.05) is 0 Å². The fourth-order valence-corrected chi connectivity index (χ4v) is 3.84. The molecule has 0 spiro atoms. The van der Waals surface area contributed by atoms with Gasteiger partial charge in [0.25, 0.3) is 6.43 Å². The number of hydrogen-bond donors (Lipinski definition) is 2. The summed E-state index contributed by atoms with van der Waals surface area (Å²) < 4.78 is 44.7. The van der Waals surface area contributed by atoms with Gasteiger partial charge < -0.3 is 11.1 Å². The molecule has 5 rings (SSSR count). The molecule has 144 valence electrons. The number of aromatic nitrogens is 2. The lowest BCUT2D eigenvalue weighted by Crippen LogP contribution is -2.58. The van der Waals surface area contributed by atoms with Gasteiger partial charge in [0, 0.05) is 23.6 Å². The fraction of sp³-hybridized carbons (Fsp3) is 0.400. The minimum Gasteiger partial charge on any atom is -0.370 e. The Kier molecular flexibility index (Phi) is 3.69. The molecule has 0 saturated heterocycles. The number of alkyl halides is 2. The van der Waals surface area contributed by atoms with Crippen molar-refractivity contribution in [2.45, 2.75) is 37.3 Å². The van der Waals surface area contributed by atoms with Crippen molar-refractivity contribution < 1.29 is 13.2 Å². The molecule has 3 aliphatic rings. The number of nitrogens with one attached hydrogen (secondary N) is 1. The molecule has 0 radical (unpaired) electrons. The van der Waals surface area contributed by atoms with Crippen LogP contribution < -0.4 is 11.1 Å². The van der Waals surface area contributed by atoms with E-state index in [2.05, 4.69) is 27.2 Å². The number of nitrogens with two attached hydrogens (primary N) is 1. The maximum Gasteiger partial charge on any atom is 0.265 e. The van der Waals surface area contributed by atoms with Gasteiger partial charge >= 0.3 is 0 Å². The average molecular weight is 385 g/mol. The van der Waals surface area contributed by atoms with Crippen LogP contribution in [0.15, 0.2) is 35.6 Å². The van der Waals surface area contributed by atoms with Gasteiger partial charge in [-0.2, -0.15) is 5.10 Å². The van der Waals surface area contributed by atoms with E-state index in [-0.39, 0.29) is 17.6 Å². The van der Waals surface area contributed by atoms with E-state index in [1.165, 1.54) is 22.9 Å². The molecule has 1 aliphatic heterocycles. The highest BCUT2D eigenvalue weighted by molar-refractivity contribution is 5.81. The summed E-state index contributed by atoms with van der Waals surface area (Å²) in [4.78, 5) is 4.11. The van der Waals surface area contributed by atoms with Crippen LogP contribution in [0.3, 0.4) is 0 Å². The van der Waals surface area contributed by atoms with Gasteiger partial charge in [-0.3, -0.25) is 0 Å². The minimum atomic E-state index is -2.85. The zero-order valence-electron chi connectivity index (χ0n) is 14.9. The highest BCUT2D eigenvalue weighted by Gasteiger charge is 2.62. The summed E-state index contributed by atoms with van der Waals surface area (Å²) in [5.41, 5.74) is 4.92. The van der Waals surface area contributed by atoms with Crippen LogP contribution in [0.4, 0.5) is 13.2 Å². The maximum atomic E-state index is 14.7. The van der Waals surface area contributed by atoms with Crippen LogP contribution in [0.2, 0.25) is 0 Å². The molecule has 2 fully saturated rings. The molecule has 5 nitrogen and oxygen atoms in total. The van der Waals surface area contributed by atoms with Gasteiger partial charge in [0.2, 0.25) is 0 Å². The van der Waals surface area contributed by atoms with E-state index in [0.717, 1.165) is 18.4 Å². The topological polar surface area (TPSA) is 68.2 Å². The molecule has 1 aromatic heterocycles. The molecule has 3 N–H and O–H groups in total. The van der Waals surface area contributed by atoms with Crippen molar-refractivity contribution in [2.24, 2.45) is 22.6 Å². The van der Waals surface area contributed by atoms with Gasteiger partial charge in [-0.05, 0) is 37.5 Å². The van der Waals surface area contributed by atoms with E-state index in [4.69, 9.17) is 5.73 Å². The van der Waals surface area contributed by atoms with Crippen LogP contribution >= 0.6 is 0 Å². The predicted octanol–water partition coefficient (Wildman–Crippen LogP) is 2.54. The number of aliphatic imine (C=N–C) groups is 1. The lowest BCUT2D eigenvalue weighted by Gasteiger charge is -2.37. The highest BCUT2D eigenvalue weighted by atomic mass is 19.3. The lowest BCUT2D eigenvalue weighted by molar-refractivity contribution is 0.0191. The average Bonchev–Trinajstić information content (AvgIpc) is 3.58. The maximum absolute atomic E-state index is 14.7. The lowest BCUT2D eigenvalue weighted by atomic mass is 9.83. The Hall–Kier alpha value is -2.95. The van der Waals surface area contributed by atoms with Crippen LogP contribution in [0.25, 0.3) is 5.69 Å². The molecular formula is C20H18F3N5. The molecule has 1 aromatic carbocycles. The highest BCUT2D eigenvalue weighted by Crippen LogP contribution is 2.53. The molecule has 3 atom stereocenters. The molecule has 2 aromatic rings. The first-order valence-electron chi connectivity index (χ1n) is 9.23. The first-order valence-corrected chi connectivity index (χ1v) is 9.23. The first kappa shape index (κ1) is 17.2. The monoisotopic (exact) mass is 385 g/mol. The van der Waals surface area contributed by atoms with E-state index in [9.17, 15) is 13.2 Å². The largest absolute Gasteiger partial charge is 0.370 e. The summed E-state index contributed by atoms with van der Waals surface area (Å²) in [5.74, 6) is 5.38. The van der Waals surface area contributed by atoms with Crippen LogP contribution in [0, 0.1) is 29.5 Å². The number of rotatable bonds is 3. The summed E-state index contributed by atoms with van der Waals surface area (Å²) in [7, 11) is 0. The Balaban J connectivity index is 1.54. The van der Waals surface area contributed by atoms with Crippen molar-refractivity contribution in [3.8, 4) is 17.5 Å². The van der Waals surface area contributed by atoms with Crippen LogP contribution in [-0.4, -0.2) is 28.2 Å². The third-order valence-corrected chi connectivity index (χ3v) is 5.57. The molecular weight excluding hydrogens is 367 g/mol. The molecule has 0 bridgehead atoms. The van der Waals surface area contributed by atoms with Gasteiger partial charge in [0.1, 0.15) is 11.4 Å². The fourth-order valence-electron chi connectivity index (χ4n) is 3.84. The van der Waals surface area contributed by atoms with Crippen molar-refractivity contribution in [3.63, 3.8) is 0 Å². The molecule has 28 heavy (non-hydrogen) atoms. The zero-order valence-corrected chi connectivity index (χ0v) is 14.9. The SMILES string of the molecule is NC1=N[C@@H]2C[C@@H]2[C@](c2cc(-n3cc(C#CC4CC4)cn3)ccc2F)(C(F)F)N1. The number of fused-ring (bicyclic) bond motifs is 1. The van der Waals surface area contributed by atoms with Gasteiger partial charge in [-0.15, -0.1) is 0 Å². The molecule has 8 heteroatoms. The van der Waals surface area contributed by atoms with Gasteiger partial charge in [-0.1, -0.05) is 11.8 Å². The van der Waals surface area contributed by atoms with Gasteiger partial charge in [0.15, 0.2) is 5.96 Å². The zero-order chi connectivity index (χ0) is 19.5. The summed E-state index contributed by atoms with van der Waals surface area (Å²) in [6.45, 7) is 0. The molecule has 0 amide bonds. The van der Waals surface area contributed by atoms with Crippen LogP contribution in [0.1, 0.15) is 30.4 Å². The van der Waals surface area contributed by atoms with Crippen LogP contribution in [0.5, 0.6) is 0 Å². The standard InChI is InChI=1S/C20H18F3N5/c21-16-6-5-13(28-10-12(9-25-28)4-3-11-1-2-11)7-14(16)20(18(22)23)15-8-17(15)26-19(24)27-20/h5-7,9-11,15,17-18H,1-2,8H2,(H3,24,26,27)/t15-,17+,20+/m0/s1. The second-order valence-electron chi connectivity index (χ2n) is 7.60. The minimum absolute atomic E-state index is 0.0828. The number of nitrogens with zero attached hydrogens (tertiary/aromatic N) is 3. The van der Waals surface area contributed by atoms with E-state index in [1.807, 2.05) is 0 Å². The van der Waals surface area contributed by atoms with E-state index < -0.39 is 23.7 Å². The van der Waals surface area contributed by atoms with Crippen molar-refractivity contribution in [1.29, 1.82) is 0 Å².